The molecule has 2 N–H and O–H groups in total. The number of thioether (sulfide) groups is 1. The van der Waals surface area contributed by atoms with Crippen LogP contribution in [0, 0.1) is 0 Å². The van der Waals surface area contributed by atoms with Gasteiger partial charge in [-0.2, -0.15) is 11.8 Å². The first-order valence-electron chi connectivity index (χ1n) is 4.82. The van der Waals surface area contributed by atoms with Gasteiger partial charge in [-0.25, -0.2) is 0 Å². The molecule has 1 atom stereocenters. The van der Waals surface area contributed by atoms with Crippen molar-refractivity contribution in [3.63, 3.8) is 0 Å². The van der Waals surface area contributed by atoms with Crippen LogP contribution in [-0.2, 0) is 0 Å². The van der Waals surface area contributed by atoms with E-state index in [1.807, 2.05) is 17.8 Å². The average molecular weight is 185 g/mol. The minimum atomic E-state index is 0.192. The van der Waals surface area contributed by atoms with Gasteiger partial charge in [0.2, 0.25) is 0 Å². The maximum absolute atomic E-state index is 5.75. The van der Waals surface area contributed by atoms with Crippen molar-refractivity contribution in [3.8, 4) is 0 Å². The van der Waals surface area contributed by atoms with Gasteiger partial charge in [-0.05, 0) is 12.8 Å². The monoisotopic (exact) mass is 185 g/mol. The van der Waals surface area contributed by atoms with Crippen molar-refractivity contribution < 1.29 is 0 Å². The summed E-state index contributed by atoms with van der Waals surface area (Å²) < 4.78 is 0. The van der Waals surface area contributed by atoms with Gasteiger partial charge in [-0.1, -0.05) is 25.3 Å². The van der Waals surface area contributed by atoms with Gasteiger partial charge >= 0.3 is 0 Å². The van der Waals surface area contributed by atoms with Crippen LogP contribution in [0.25, 0.3) is 0 Å². The second kappa shape index (κ2) is 5.65. The van der Waals surface area contributed by atoms with Gasteiger partial charge in [0.15, 0.2) is 0 Å². The second-order valence-electron chi connectivity index (χ2n) is 3.49. The molecule has 0 aliphatic heterocycles. The smallest absolute Gasteiger partial charge is 0.0313 e. The van der Waals surface area contributed by atoms with E-state index in [2.05, 4.69) is 6.58 Å². The van der Waals surface area contributed by atoms with Gasteiger partial charge in [0.25, 0.3) is 0 Å². The van der Waals surface area contributed by atoms with Crippen LogP contribution in [0.15, 0.2) is 12.7 Å². The van der Waals surface area contributed by atoms with Crippen LogP contribution < -0.4 is 5.73 Å². The average Bonchev–Trinajstić information content (AvgIpc) is 2.16. The number of hydrogen-bond donors (Lipinski definition) is 1. The topological polar surface area (TPSA) is 26.0 Å². The molecule has 1 aliphatic rings. The summed E-state index contributed by atoms with van der Waals surface area (Å²) in [5.74, 6) is 1.05. The summed E-state index contributed by atoms with van der Waals surface area (Å²) in [5.41, 5.74) is 5.75. The Kier molecular flexibility index (Phi) is 4.77. The molecule has 1 saturated carbocycles. The van der Waals surface area contributed by atoms with Gasteiger partial charge in [0.1, 0.15) is 0 Å². The van der Waals surface area contributed by atoms with Gasteiger partial charge in [-0.3, -0.25) is 0 Å². The van der Waals surface area contributed by atoms with E-state index in [-0.39, 0.29) is 6.04 Å². The largest absolute Gasteiger partial charge is 0.324 e. The molecule has 70 valence electrons. The Hall–Kier alpha value is 0.0500. The van der Waals surface area contributed by atoms with Gasteiger partial charge < -0.3 is 5.73 Å². The Balaban J connectivity index is 2.08. The SMILES string of the molecule is C=CC(N)CSC1CCCCC1. The zero-order valence-corrected chi connectivity index (χ0v) is 8.48. The van der Waals surface area contributed by atoms with E-state index >= 15 is 0 Å². The van der Waals surface area contributed by atoms with Crippen LogP contribution in [0.4, 0.5) is 0 Å². The molecule has 0 saturated heterocycles. The predicted molar refractivity (Wildman–Crippen MR) is 57.5 cm³/mol. The predicted octanol–water partition coefficient (Wildman–Crippen LogP) is 2.57. The fourth-order valence-corrected chi connectivity index (χ4v) is 2.84. The highest BCUT2D eigenvalue weighted by atomic mass is 32.2. The Morgan fingerprint density at radius 1 is 1.42 bits per heavy atom. The van der Waals surface area contributed by atoms with Gasteiger partial charge in [-0.15, -0.1) is 6.58 Å². The van der Waals surface area contributed by atoms with E-state index in [1.165, 1.54) is 32.1 Å². The van der Waals surface area contributed by atoms with Crippen LogP contribution in [0.3, 0.4) is 0 Å². The molecule has 12 heavy (non-hydrogen) atoms. The third-order valence-corrected chi connectivity index (χ3v) is 3.90. The molecule has 0 aromatic carbocycles. The zero-order valence-electron chi connectivity index (χ0n) is 7.67. The quantitative estimate of drug-likeness (QED) is 0.681. The maximum atomic E-state index is 5.75. The summed E-state index contributed by atoms with van der Waals surface area (Å²) in [6, 6.07) is 0.192. The normalized spacial score (nSPS) is 22.1. The van der Waals surface area contributed by atoms with Crippen LogP contribution >= 0.6 is 11.8 Å². The Morgan fingerprint density at radius 3 is 2.67 bits per heavy atom. The van der Waals surface area contributed by atoms with Crippen LogP contribution in [0.1, 0.15) is 32.1 Å². The van der Waals surface area contributed by atoms with Crippen molar-refractivity contribution in [3.05, 3.63) is 12.7 Å². The lowest BCUT2D eigenvalue weighted by atomic mass is 10.0. The third-order valence-electron chi connectivity index (χ3n) is 2.38. The van der Waals surface area contributed by atoms with Crippen molar-refractivity contribution in [1.82, 2.24) is 0 Å². The van der Waals surface area contributed by atoms with Gasteiger partial charge in [0, 0.05) is 17.0 Å². The van der Waals surface area contributed by atoms with Crippen molar-refractivity contribution >= 4 is 11.8 Å². The van der Waals surface area contributed by atoms with E-state index in [4.69, 9.17) is 5.73 Å². The fraction of sp³-hybridized carbons (Fsp3) is 0.800. The minimum Gasteiger partial charge on any atom is -0.324 e. The van der Waals surface area contributed by atoms with Crippen LogP contribution in [-0.4, -0.2) is 17.0 Å². The molecule has 0 aromatic rings. The number of nitrogens with two attached hydrogens (primary N) is 1. The molecule has 0 aromatic heterocycles. The second-order valence-corrected chi connectivity index (χ2v) is 4.83. The summed E-state index contributed by atoms with van der Waals surface area (Å²) in [5, 5.41) is 0.879. The summed E-state index contributed by atoms with van der Waals surface area (Å²) in [6.07, 6.45) is 8.91. The van der Waals surface area contributed by atoms with Crippen molar-refractivity contribution in [2.24, 2.45) is 5.73 Å². The molecule has 1 fully saturated rings. The molecule has 1 aliphatic carbocycles. The fourth-order valence-electron chi connectivity index (χ4n) is 1.55. The first-order chi connectivity index (χ1) is 5.83. The number of hydrogen-bond acceptors (Lipinski definition) is 2. The molecular formula is C10H19NS. The van der Waals surface area contributed by atoms with Crippen LogP contribution in [0.2, 0.25) is 0 Å². The molecule has 1 nitrogen and oxygen atoms in total. The summed E-state index contributed by atoms with van der Waals surface area (Å²) in [6.45, 7) is 3.69. The highest BCUT2D eigenvalue weighted by molar-refractivity contribution is 7.99. The zero-order chi connectivity index (χ0) is 8.81. The van der Waals surface area contributed by atoms with Crippen LogP contribution in [0.5, 0.6) is 0 Å². The van der Waals surface area contributed by atoms with E-state index in [0.717, 1.165) is 11.0 Å². The summed E-state index contributed by atoms with van der Waals surface area (Å²) in [7, 11) is 0. The van der Waals surface area contributed by atoms with Crippen molar-refractivity contribution in [2.75, 3.05) is 5.75 Å². The molecule has 1 unspecified atom stereocenters. The lowest BCUT2D eigenvalue weighted by molar-refractivity contribution is 0.516. The molecule has 2 heteroatoms. The minimum absolute atomic E-state index is 0.192. The standard InChI is InChI=1S/C10H19NS/c1-2-9(11)8-12-10-6-4-3-5-7-10/h2,9-10H,1,3-8,11H2. The first-order valence-corrected chi connectivity index (χ1v) is 5.87. The lowest BCUT2D eigenvalue weighted by Crippen LogP contribution is -2.21. The van der Waals surface area contributed by atoms with E-state index in [0.29, 0.717) is 0 Å². The lowest BCUT2D eigenvalue weighted by Gasteiger charge is -2.21. The molecule has 0 amide bonds. The number of rotatable bonds is 4. The Labute approximate surface area is 79.8 Å². The maximum Gasteiger partial charge on any atom is 0.0313 e. The molecular weight excluding hydrogens is 166 g/mol. The highest BCUT2D eigenvalue weighted by Crippen LogP contribution is 2.28. The van der Waals surface area contributed by atoms with Gasteiger partial charge in [0.05, 0.1) is 0 Å². The summed E-state index contributed by atoms with van der Waals surface area (Å²) in [4.78, 5) is 0. The van der Waals surface area contributed by atoms with Crippen molar-refractivity contribution in [2.45, 2.75) is 43.4 Å². The molecule has 0 heterocycles. The molecule has 0 bridgehead atoms. The van der Waals surface area contributed by atoms with E-state index in [9.17, 15) is 0 Å². The Bertz CT molecular complexity index is 130. The van der Waals surface area contributed by atoms with Crippen molar-refractivity contribution in [1.29, 1.82) is 0 Å². The van der Waals surface area contributed by atoms with E-state index in [1.54, 1.807) is 0 Å². The summed E-state index contributed by atoms with van der Waals surface area (Å²) >= 11 is 2.03. The highest BCUT2D eigenvalue weighted by Gasteiger charge is 2.13. The molecule has 1 rings (SSSR count). The Morgan fingerprint density at radius 2 is 2.08 bits per heavy atom. The molecule has 0 spiro atoms. The molecule has 0 radical (unpaired) electrons. The van der Waals surface area contributed by atoms with E-state index < -0.39 is 0 Å². The first kappa shape index (κ1) is 10.1. The third kappa shape index (κ3) is 3.63.